The molecule has 0 atom stereocenters. The van der Waals surface area contributed by atoms with E-state index < -0.39 is 82.7 Å². The summed E-state index contributed by atoms with van der Waals surface area (Å²) in [4.78, 5) is -3.05. The second-order valence-electron chi connectivity index (χ2n) is 11.7. The average Bonchev–Trinajstić information content (AvgIpc) is 3.09. The molecule has 0 amide bonds. The molecule has 0 spiro atoms. The summed E-state index contributed by atoms with van der Waals surface area (Å²) in [6.07, 6.45) is 0. The summed E-state index contributed by atoms with van der Waals surface area (Å²) in [5.74, 6) is -1.31. The van der Waals surface area contributed by atoms with Gasteiger partial charge in [-0.05, 0) is 59.3 Å². The number of hydrogen-bond donors (Lipinski definition) is 8. The van der Waals surface area contributed by atoms with Gasteiger partial charge in [-0.3, -0.25) is 18.2 Å². The van der Waals surface area contributed by atoms with Crippen LogP contribution in [-0.4, -0.2) is 180 Å². The Balaban J connectivity index is 0.00000310. The molecule has 0 aliphatic carbocycles. The molecule has 0 saturated heterocycles. The molecule has 0 bridgehead atoms. The van der Waals surface area contributed by atoms with Gasteiger partial charge in [0.1, 0.15) is 32.7 Å². The van der Waals surface area contributed by atoms with Crippen molar-refractivity contribution in [1.29, 1.82) is 0 Å². The van der Waals surface area contributed by atoms with E-state index in [9.17, 15) is 62.1 Å². The molecule has 0 heterocycles. The molecule has 6 aromatic carbocycles. The zero-order valence-electron chi connectivity index (χ0n) is 27.6. The maximum absolute atomic E-state index is 12.6. The van der Waals surface area contributed by atoms with E-state index in [4.69, 9.17) is 11.5 Å². The molecular weight excluding hydrogens is 913 g/mol. The van der Waals surface area contributed by atoms with Crippen molar-refractivity contribution in [3.63, 3.8) is 0 Å². The number of phenolic OH excluding ortho intramolecular Hbond substituents is 2. The first kappa shape index (κ1) is 54.0. The number of benzene rings is 6. The summed E-state index contributed by atoms with van der Waals surface area (Å²) in [7, 11) is -19.8. The molecular formula is C32H28N6Na4O14S4. The van der Waals surface area contributed by atoms with Gasteiger partial charge in [-0.25, -0.2) is 0 Å². The van der Waals surface area contributed by atoms with Gasteiger partial charge in [0, 0.05) is 23.3 Å². The van der Waals surface area contributed by atoms with E-state index in [-0.39, 0.29) is 174 Å². The molecule has 10 N–H and O–H groups in total. The summed E-state index contributed by atoms with van der Waals surface area (Å²) in [6, 6.07) is 14.8. The first-order valence-corrected chi connectivity index (χ1v) is 20.8. The van der Waals surface area contributed by atoms with Crippen LogP contribution < -0.4 is 11.5 Å². The van der Waals surface area contributed by atoms with Crippen molar-refractivity contribution < 1.29 is 62.1 Å². The molecule has 0 unspecified atom stereocenters. The van der Waals surface area contributed by atoms with Crippen molar-refractivity contribution in [3.05, 3.63) is 84.9 Å². The molecule has 0 fully saturated rings. The normalized spacial score (nSPS) is 12.1. The van der Waals surface area contributed by atoms with Crippen molar-refractivity contribution in [3.8, 4) is 22.6 Å². The van der Waals surface area contributed by atoms with Crippen LogP contribution in [0.15, 0.2) is 125 Å². The molecule has 0 aliphatic heterocycles. The van der Waals surface area contributed by atoms with Crippen LogP contribution in [0.1, 0.15) is 0 Å². The molecule has 0 aliphatic rings. The zero-order chi connectivity index (χ0) is 41.1. The third-order valence-electron chi connectivity index (χ3n) is 8.05. The van der Waals surface area contributed by atoms with Crippen LogP contribution in [0.25, 0.3) is 32.7 Å². The summed E-state index contributed by atoms with van der Waals surface area (Å²) in [5, 5.41) is 36.9. The van der Waals surface area contributed by atoms with Crippen molar-refractivity contribution in [2.24, 2.45) is 20.5 Å². The summed E-state index contributed by atoms with van der Waals surface area (Å²) in [5.41, 5.74) is 10.1. The predicted octanol–water partition coefficient (Wildman–Crippen LogP) is 3.46. The summed E-state index contributed by atoms with van der Waals surface area (Å²) < 4.78 is 136. The fraction of sp³-hybridized carbons (Fsp3) is 0. The van der Waals surface area contributed by atoms with Crippen LogP contribution in [0.5, 0.6) is 11.5 Å². The molecule has 20 nitrogen and oxygen atoms in total. The number of hydrogen-bond acceptors (Lipinski definition) is 16. The van der Waals surface area contributed by atoms with Crippen LogP contribution >= 0.6 is 0 Å². The first-order valence-electron chi connectivity index (χ1n) is 15.1. The standard InChI is InChI=1S/C32H24N6O14S4.4Na.4H/c33-23-7-1-15-9-19(53(41,42)43)13-25(39)29(15)31(23)37-35-17-3-5-21(27(11-17)55(47,48)49)22-6-4-18(12-28(22)56(50,51)52)36-38-32-24(34)8-2-16-10-20(54(44,45)46)14-26(40)30(16)32;;;;;;;;/h1-14,39-40H,33-34H2,(H,41,42,43)(H,44,45,46)(H,47,48,49)(H,50,51,52);;;;;;;;/b37-35+,38-36+;;;;;;;;. The van der Waals surface area contributed by atoms with Gasteiger partial charge in [0.2, 0.25) is 0 Å². The van der Waals surface area contributed by atoms with Gasteiger partial charge in [0.25, 0.3) is 40.5 Å². The number of fused-ring (bicyclic) bond motifs is 2. The number of nitrogens with zero attached hydrogens (tertiary/aromatic N) is 4. The Labute approximate surface area is 429 Å². The molecule has 0 radical (unpaired) electrons. The van der Waals surface area contributed by atoms with E-state index in [1.165, 1.54) is 24.3 Å². The van der Waals surface area contributed by atoms with Gasteiger partial charge < -0.3 is 21.7 Å². The van der Waals surface area contributed by atoms with Gasteiger partial charge in [0.15, 0.2) is 0 Å². The minimum absolute atomic E-state index is 0. The number of anilines is 2. The third kappa shape index (κ3) is 11.7. The SMILES string of the molecule is Nc1ccc2cc(S(=O)(=O)O)cc(O)c2c1/N=N/c1ccc(-c2ccc(/N=N/c3c(N)ccc4cc(S(=O)(=O)O)cc(O)c34)cc2S(=O)(=O)O)c(S(=O)(=O)O)c1.[NaH].[NaH].[NaH].[NaH]. The maximum atomic E-state index is 12.6. The number of azo groups is 2. The second kappa shape index (κ2) is 20.2. The Morgan fingerprint density at radius 1 is 0.417 bits per heavy atom. The molecule has 6 aromatic rings. The molecule has 28 heteroatoms. The van der Waals surface area contributed by atoms with Crippen LogP contribution in [0.3, 0.4) is 0 Å². The van der Waals surface area contributed by atoms with E-state index in [0.717, 1.165) is 60.7 Å². The number of nitrogen functional groups attached to an aromatic ring is 2. The van der Waals surface area contributed by atoms with Crippen molar-refractivity contribution in [1.82, 2.24) is 0 Å². The number of rotatable bonds is 9. The second-order valence-corrected chi connectivity index (χ2v) is 17.4. The van der Waals surface area contributed by atoms with Crippen LogP contribution in [0.2, 0.25) is 0 Å². The molecule has 0 aromatic heterocycles. The van der Waals surface area contributed by atoms with Gasteiger partial charge in [-0.1, -0.05) is 24.3 Å². The Morgan fingerprint density at radius 3 is 1.05 bits per heavy atom. The van der Waals surface area contributed by atoms with Crippen molar-refractivity contribution in [2.45, 2.75) is 19.6 Å². The van der Waals surface area contributed by atoms with Crippen LogP contribution in [0.4, 0.5) is 34.1 Å². The average molecular weight is 941 g/mol. The molecule has 298 valence electrons. The van der Waals surface area contributed by atoms with Gasteiger partial charge in [-0.2, -0.15) is 43.9 Å². The molecule has 6 rings (SSSR count). The van der Waals surface area contributed by atoms with Gasteiger partial charge >= 0.3 is 118 Å². The Morgan fingerprint density at radius 2 is 0.750 bits per heavy atom. The van der Waals surface area contributed by atoms with Crippen molar-refractivity contribution in [2.75, 3.05) is 11.5 Å². The topological polar surface area (TPSA) is 359 Å². The first-order chi connectivity index (χ1) is 25.9. The molecule has 60 heavy (non-hydrogen) atoms. The van der Waals surface area contributed by atoms with Crippen LogP contribution in [0, 0.1) is 0 Å². The number of phenols is 2. The summed E-state index contributed by atoms with van der Waals surface area (Å²) in [6.45, 7) is 0. The van der Waals surface area contributed by atoms with E-state index in [0.29, 0.717) is 0 Å². The summed E-state index contributed by atoms with van der Waals surface area (Å²) >= 11 is 0. The number of aromatic hydroxyl groups is 2. The van der Waals surface area contributed by atoms with Crippen molar-refractivity contribution >= 4 is 214 Å². The monoisotopic (exact) mass is 940 g/mol. The van der Waals surface area contributed by atoms with E-state index in [2.05, 4.69) is 20.5 Å². The Bertz CT molecular complexity index is 3000. The Hall–Kier alpha value is -2.12. The predicted molar refractivity (Wildman–Crippen MR) is 228 cm³/mol. The minimum atomic E-state index is -5.17. The molecule has 0 saturated carbocycles. The fourth-order valence-corrected chi connectivity index (χ4v) is 8.10. The van der Waals surface area contributed by atoms with E-state index in [1.54, 1.807) is 0 Å². The Kier molecular flexibility index (Phi) is 18.1. The fourth-order valence-electron chi connectivity index (χ4n) is 5.58. The van der Waals surface area contributed by atoms with Gasteiger partial charge in [-0.15, -0.1) is 10.2 Å². The van der Waals surface area contributed by atoms with E-state index in [1.807, 2.05) is 0 Å². The third-order valence-corrected chi connectivity index (χ3v) is 11.5. The number of nitrogens with two attached hydrogens (primary N) is 2. The van der Waals surface area contributed by atoms with Crippen LogP contribution in [-0.2, 0) is 40.5 Å². The van der Waals surface area contributed by atoms with E-state index >= 15 is 0 Å². The quantitative estimate of drug-likeness (QED) is 0.0445. The zero-order valence-corrected chi connectivity index (χ0v) is 30.9. The van der Waals surface area contributed by atoms with Gasteiger partial charge in [0.05, 0.1) is 43.3 Å².